The lowest BCUT2D eigenvalue weighted by atomic mass is 9.97. The minimum atomic E-state index is -5.88. The first kappa shape index (κ1) is 16.3. The summed E-state index contributed by atoms with van der Waals surface area (Å²) >= 11 is 0. The molecule has 0 radical (unpaired) electrons. The molecule has 114 valence electrons. The van der Waals surface area contributed by atoms with Gasteiger partial charge in [0.15, 0.2) is 0 Å². The van der Waals surface area contributed by atoms with Gasteiger partial charge in [0, 0.05) is 5.57 Å². The lowest BCUT2D eigenvalue weighted by molar-refractivity contribution is -0.361. The second-order valence-electron chi connectivity index (χ2n) is 4.12. The van der Waals surface area contributed by atoms with Crippen LogP contribution in [0.1, 0.15) is 13.3 Å². The first-order valence-electron chi connectivity index (χ1n) is 5.04. The molecule has 1 rings (SSSR count). The lowest BCUT2D eigenvalue weighted by Crippen LogP contribution is -2.56. The molecular formula is C10H8F6O4. The normalized spacial score (nSPS) is 22.4. The van der Waals surface area contributed by atoms with Crippen LogP contribution in [-0.4, -0.2) is 36.0 Å². The quantitative estimate of drug-likeness (QED) is 0.446. The summed E-state index contributed by atoms with van der Waals surface area (Å²) in [7, 11) is 0. The topological polar surface area (TPSA) is 52.6 Å². The van der Waals surface area contributed by atoms with Crippen molar-refractivity contribution in [2.24, 2.45) is 0 Å². The highest BCUT2D eigenvalue weighted by Crippen LogP contribution is 2.52. The Kier molecular flexibility index (Phi) is 3.81. The fraction of sp³-hybridized carbons (Fsp3) is 0.600. The number of halogens is 6. The van der Waals surface area contributed by atoms with Gasteiger partial charge in [-0.2, -0.15) is 26.3 Å². The van der Waals surface area contributed by atoms with Crippen molar-refractivity contribution < 1.29 is 45.4 Å². The summed E-state index contributed by atoms with van der Waals surface area (Å²) in [5, 5.41) is 0. The molecule has 0 saturated carbocycles. The molecule has 0 bridgehead atoms. The number of esters is 2. The molecule has 1 saturated heterocycles. The predicted octanol–water partition coefficient (Wildman–Crippen LogP) is 2.28. The summed E-state index contributed by atoms with van der Waals surface area (Å²) < 4.78 is 83.3. The Labute approximate surface area is 108 Å². The Morgan fingerprint density at radius 2 is 1.75 bits per heavy atom. The molecule has 0 spiro atoms. The lowest BCUT2D eigenvalue weighted by Gasteiger charge is -2.31. The zero-order chi connectivity index (χ0) is 15.9. The first-order chi connectivity index (χ1) is 8.82. The molecular weight excluding hydrogens is 298 g/mol. The van der Waals surface area contributed by atoms with Crippen LogP contribution in [0.4, 0.5) is 26.3 Å². The average molecular weight is 306 g/mol. The Balaban J connectivity index is 3.08. The van der Waals surface area contributed by atoms with E-state index in [4.69, 9.17) is 0 Å². The third-order valence-corrected chi connectivity index (χ3v) is 2.52. The maximum absolute atomic E-state index is 12.6. The zero-order valence-electron chi connectivity index (χ0n) is 9.89. The third kappa shape index (κ3) is 2.59. The van der Waals surface area contributed by atoms with Crippen LogP contribution in [-0.2, 0) is 19.1 Å². The van der Waals surface area contributed by atoms with Gasteiger partial charge in [-0.1, -0.05) is 6.58 Å². The van der Waals surface area contributed by atoms with Crippen molar-refractivity contribution in [2.75, 3.05) is 0 Å². The molecule has 0 aromatic rings. The Morgan fingerprint density at radius 3 is 2.05 bits per heavy atom. The molecule has 4 nitrogen and oxygen atoms in total. The van der Waals surface area contributed by atoms with E-state index >= 15 is 0 Å². The van der Waals surface area contributed by atoms with E-state index in [0.717, 1.165) is 6.92 Å². The molecule has 1 aliphatic rings. The highest BCUT2D eigenvalue weighted by atomic mass is 19.4. The van der Waals surface area contributed by atoms with Crippen LogP contribution in [0.2, 0.25) is 0 Å². The molecule has 0 amide bonds. The van der Waals surface area contributed by atoms with Crippen LogP contribution in [0.5, 0.6) is 0 Å². The molecule has 0 aromatic carbocycles. The standard InChI is InChI=1S/C10H8F6O4/c1-4(2)6(17)19-5-3-8(9(11,12)13,10(14,15)16)20-7(5)18/h5H,1,3H2,2H3. The van der Waals surface area contributed by atoms with Gasteiger partial charge in [0.1, 0.15) is 0 Å². The molecule has 1 atom stereocenters. The maximum atomic E-state index is 12.6. The molecule has 20 heavy (non-hydrogen) atoms. The van der Waals surface area contributed by atoms with Gasteiger partial charge in [0.25, 0.3) is 0 Å². The molecule has 0 aliphatic carbocycles. The van der Waals surface area contributed by atoms with Crippen molar-refractivity contribution in [2.45, 2.75) is 37.4 Å². The van der Waals surface area contributed by atoms with Crippen LogP contribution in [0.25, 0.3) is 0 Å². The van der Waals surface area contributed by atoms with Gasteiger partial charge < -0.3 is 9.47 Å². The van der Waals surface area contributed by atoms with Crippen LogP contribution >= 0.6 is 0 Å². The van der Waals surface area contributed by atoms with Crippen molar-refractivity contribution in [1.29, 1.82) is 0 Å². The number of hydrogen-bond donors (Lipinski definition) is 0. The van der Waals surface area contributed by atoms with Gasteiger partial charge in [0.05, 0.1) is 6.42 Å². The van der Waals surface area contributed by atoms with Gasteiger partial charge >= 0.3 is 29.9 Å². The van der Waals surface area contributed by atoms with Crippen molar-refractivity contribution in [1.82, 2.24) is 0 Å². The summed E-state index contributed by atoms with van der Waals surface area (Å²) in [6.07, 6.45) is -15.9. The van der Waals surface area contributed by atoms with Gasteiger partial charge in [-0.15, -0.1) is 0 Å². The average Bonchev–Trinajstić information content (AvgIpc) is 2.55. The maximum Gasteiger partial charge on any atom is 0.437 e. The van der Waals surface area contributed by atoms with Gasteiger partial charge in [-0.25, -0.2) is 9.59 Å². The van der Waals surface area contributed by atoms with E-state index in [1.165, 1.54) is 0 Å². The smallest absolute Gasteiger partial charge is 0.437 e. The van der Waals surface area contributed by atoms with Gasteiger partial charge in [-0.05, 0) is 6.92 Å². The third-order valence-electron chi connectivity index (χ3n) is 2.52. The highest BCUT2D eigenvalue weighted by molar-refractivity contribution is 5.90. The fourth-order valence-electron chi connectivity index (χ4n) is 1.45. The minimum absolute atomic E-state index is 0.283. The second kappa shape index (κ2) is 4.67. The molecule has 1 heterocycles. The van der Waals surface area contributed by atoms with E-state index in [2.05, 4.69) is 16.1 Å². The number of carbonyl (C=O) groups is 2. The van der Waals surface area contributed by atoms with Crippen molar-refractivity contribution in [3.8, 4) is 0 Å². The SMILES string of the molecule is C=C(C)C(=O)OC1CC(C(F)(F)F)(C(F)(F)F)OC1=O. The first-order valence-corrected chi connectivity index (χ1v) is 5.04. The Hall–Kier alpha value is -1.74. The number of rotatable bonds is 2. The number of cyclic esters (lactones) is 1. The van der Waals surface area contributed by atoms with Crippen LogP contribution in [0.3, 0.4) is 0 Å². The van der Waals surface area contributed by atoms with E-state index in [1.54, 1.807) is 0 Å². The van der Waals surface area contributed by atoms with Crippen molar-refractivity contribution in [3.05, 3.63) is 12.2 Å². The summed E-state index contributed by atoms with van der Waals surface area (Å²) in [5.74, 6) is -3.19. The van der Waals surface area contributed by atoms with E-state index in [-0.39, 0.29) is 5.57 Å². The number of carbonyl (C=O) groups excluding carboxylic acids is 2. The summed E-state index contributed by atoms with van der Waals surface area (Å²) in [6.45, 7) is 4.20. The van der Waals surface area contributed by atoms with E-state index in [1.807, 2.05) is 0 Å². The van der Waals surface area contributed by atoms with E-state index in [9.17, 15) is 35.9 Å². The highest BCUT2D eigenvalue weighted by Gasteiger charge is 2.78. The summed E-state index contributed by atoms with van der Waals surface area (Å²) in [5.41, 5.74) is -4.95. The monoisotopic (exact) mass is 306 g/mol. The Bertz CT molecular complexity index is 436. The number of alkyl halides is 6. The molecule has 1 fully saturated rings. The van der Waals surface area contributed by atoms with Crippen LogP contribution < -0.4 is 0 Å². The van der Waals surface area contributed by atoms with E-state index < -0.39 is 42.4 Å². The molecule has 1 aliphatic heterocycles. The van der Waals surface area contributed by atoms with Gasteiger partial charge in [-0.3, -0.25) is 0 Å². The fourth-order valence-corrected chi connectivity index (χ4v) is 1.45. The second-order valence-corrected chi connectivity index (χ2v) is 4.12. The zero-order valence-corrected chi connectivity index (χ0v) is 9.89. The van der Waals surface area contributed by atoms with Crippen LogP contribution in [0.15, 0.2) is 12.2 Å². The Morgan fingerprint density at radius 1 is 1.30 bits per heavy atom. The molecule has 1 unspecified atom stereocenters. The predicted molar refractivity (Wildman–Crippen MR) is 50.2 cm³/mol. The molecule has 10 heteroatoms. The molecule has 0 N–H and O–H groups in total. The summed E-state index contributed by atoms with van der Waals surface area (Å²) in [4.78, 5) is 22.2. The van der Waals surface area contributed by atoms with E-state index in [0.29, 0.717) is 0 Å². The number of hydrogen-bond acceptors (Lipinski definition) is 4. The number of ether oxygens (including phenoxy) is 2. The van der Waals surface area contributed by atoms with Crippen molar-refractivity contribution >= 4 is 11.9 Å². The minimum Gasteiger partial charge on any atom is -0.447 e. The molecule has 0 aromatic heterocycles. The van der Waals surface area contributed by atoms with Crippen molar-refractivity contribution in [3.63, 3.8) is 0 Å². The summed E-state index contributed by atoms with van der Waals surface area (Å²) in [6, 6.07) is 0. The largest absolute Gasteiger partial charge is 0.447 e. The van der Waals surface area contributed by atoms with Crippen LogP contribution in [0, 0.1) is 0 Å². The van der Waals surface area contributed by atoms with Gasteiger partial charge in [0.2, 0.25) is 6.10 Å².